The summed E-state index contributed by atoms with van der Waals surface area (Å²) in [6.07, 6.45) is 0. The van der Waals surface area contributed by atoms with Crippen LogP contribution in [0.3, 0.4) is 0 Å². The monoisotopic (exact) mass is 420 g/mol. The Morgan fingerprint density at radius 2 is 1.29 bits per heavy atom. The summed E-state index contributed by atoms with van der Waals surface area (Å²) >= 11 is 0. The molecule has 0 spiro atoms. The Hall–Kier alpha value is -4.00. The van der Waals surface area contributed by atoms with Crippen LogP contribution in [0, 0.1) is 0 Å². The summed E-state index contributed by atoms with van der Waals surface area (Å²) in [7, 11) is 0. The Morgan fingerprint density at radius 1 is 0.710 bits per heavy atom. The van der Waals surface area contributed by atoms with Crippen LogP contribution in [-0.2, 0) is 11.4 Å². The molecule has 0 aliphatic carbocycles. The number of benzene rings is 3. The normalized spacial score (nSPS) is 10.1. The zero-order valence-electron chi connectivity index (χ0n) is 17.2. The predicted molar refractivity (Wildman–Crippen MR) is 116 cm³/mol. The molecule has 31 heavy (non-hydrogen) atoms. The minimum Gasteiger partial charge on any atom is -0.494 e. The number of hydrazine groups is 1. The lowest BCUT2D eigenvalue weighted by molar-refractivity contribution is -0.123. The van der Waals surface area contributed by atoms with Crippen LogP contribution in [0.1, 0.15) is 22.8 Å². The van der Waals surface area contributed by atoms with Crippen molar-refractivity contribution in [1.82, 2.24) is 10.9 Å². The van der Waals surface area contributed by atoms with Gasteiger partial charge in [0, 0.05) is 5.56 Å². The highest BCUT2D eigenvalue weighted by molar-refractivity contribution is 5.95. The van der Waals surface area contributed by atoms with Crippen LogP contribution in [0.5, 0.6) is 17.2 Å². The second kappa shape index (κ2) is 11.3. The van der Waals surface area contributed by atoms with Crippen LogP contribution in [0.15, 0.2) is 78.9 Å². The molecule has 2 amide bonds. The van der Waals surface area contributed by atoms with Gasteiger partial charge in [0.15, 0.2) is 6.61 Å². The third-order valence-corrected chi connectivity index (χ3v) is 4.18. The summed E-state index contributed by atoms with van der Waals surface area (Å²) in [6, 6.07) is 23.4. The highest BCUT2D eigenvalue weighted by Crippen LogP contribution is 2.18. The zero-order chi connectivity index (χ0) is 21.9. The van der Waals surface area contributed by atoms with E-state index < -0.39 is 11.8 Å². The third-order valence-electron chi connectivity index (χ3n) is 4.18. The number of amides is 2. The largest absolute Gasteiger partial charge is 0.494 e. The van der Waals surface area contributed by atoms with E-state index in [9.17, 15) is 9.59 Å². The summed E-state index contributed by atoms with van der Waals surface area (Å²) in [4.78, 5) is 24.0. The molecule has 0 aromatic heterocycles. The van der Waals surface area contributed by atoms with Gasteiger partial charge in [-0.05, 0) is 61.0 Å². The molecule has 0 saturated carbocycles. The van der Waals surface area contributed by atoms with Gasteiger partial charge in [-0.15, -0.1) is 0 Å². The second-order valence-electron chi connectivity index (χ2n) is 6.49. The lowest BCUT2D eigenvalue weighted by Gasteiger charge is -2.10. The van der Waals surface area contributed by atoms with Crippen molar-refractivity contribution in [3.05, 3.63) is 90.0 Å². The van der Waals surface area contributed by atoms with Gasteiger partial charge in [0.05, 0.1) is 6.61 Å². The molecule has 7 nitrogen and oxygen atoms in total. The quantitative estimate of drug-likeness (QED) is 0.518. The van der Waals surface area contributed by atoms with E-state index >= 15 is 0 Å². The summed E-state index contributed by atoms with van der Waals surface area (Å²) in [5, 5.41) is 0. The number of hydrogen-bond acceptors (Lipinski definition) is 5. The average molecular weight is 420 g/mol. The number of carbonyl (C=O) groups excluding carboxylic acids is 2. The zero-order valence-corrected chi connectivity index (χ0v) is 17.2. The highest BCUT2D eigenvalue weighted by atomic mass is 16.5. The first-order chi connectivity index (χ1) is 15.1. The lowest BCUT2D eigenvalue weighted by Crippen LogP contribution is -2.43. The van der Waals surface area contributed by atoms with Gasteiger partial charge in [-0.2, -0.15) is 0 Å². The molecule has 0 aliphatic rings. The molecule has 3 rings (SSSR count). The maximum atomic E-state index is 12.1. The molecule has 3 aromatic rings. The van der Waals surface area contributed by atoms with Crippen LogP contribution >= 0.6 is 0 Å². The Balaban J connectivity index is 1.38. The number of hydrogen-bond donors (Lipinski definition) is 2. The van der Waals surface area contributed by atoms with E-state index in [4.69, 9.17) is 14.2 Å². The van der Waals surface area contributed by atoms with E-state index in [0.717, 1.165) is 5.56 Å². The van der Waals surface area contributed by atoms with E-state index in [1.54, 1.807) is 48.5 Å². The van der Waals surface area contributed by atoms with Crippen LogP contribution in [0.25, 0.3) is 0 Å². The molecule has 2 N–H and O–H groups in total. The molecule has 0 bridgehead atoms. The van der Waals surface area contributed by atoms with Gasteiger partial charge in [-0.25, -0.2) is 0 Å². The Labute approximate surface area is 180 Å². The number of ether oxygens (including phenoxy) is 3. The standard InChI is InChI=1S/C24H24N2O5/c1-2-29-20-10-8-19(9-11-20)24(28)26-25-23(27)17-31-22-14-12-21(13-15-22)30-16-18-6-4-3-5-7-18/h3-15H,2,16-17H2,1H3,(H,25,27)(H,26,28). The fourth-order valence-corrected chi connectivity index (χ4v) is 2.63. The molecule has 3 aromatic carbocycles. The summed E-state index contributed by atoms with van der Waals surface area (Å²) in [5.74, 6) is 0.969. The van der Waals surface area contributed by atoms with E-state index in [1.807, 2.05) is 37.3 Å². The molecular weight excluding hydrogens is 396 g/mol. The van der Waals surface area contributed by atoms with Crippen molar-refractivity contribution in [2.75, 3.05) is 13.2 Å². The van der Waals surface area contributed by atoms with Gasteiger partial charge < -0.3 is 14.2 Å². The number of nitrogens with one attached hydrogen (secondary N) is 2. The summed E-state index contributed by atoms with van der Waals surface area (Å²) in [6.45, 7) is 2.66. The number of carbonyl (C=O) groups is 2. The van der Waals surface area contributed by atoms with Gasteiger partial charge in [0.1, 0.15) is 23.9 Å². The van der Waals surface area contributed by atoms with Crippen LogP contribution in [0.2, 0.25) is 0 Å². The molecule has 0 saturated heterocycles. The topological polar surface area (TPSA) is 85.9 Å². The minimum absolute atomic E-state index is 0.242. The SMILES string of the molecule is CCOc1ccc(C(=O)NNC(=O)COc2ccc(OCc3ccccc3)cc2)cc1. The molecular formula is C24H24N2O5. The second-order valence-corrected chi connectivity index (χ2v) is 6.49. The Kier molecular flexibility index (Phi) is 7.88. The van der Waals surface area contributed by atoms with Gasteiger partial charge in [0.25, 0.3) is 11.8 Å². The first kappa shape index (κ1) is 21.7. The number of rotatable bonds is 9. The maximum absolute atomic E-state index is 12.1. The van der Waals surface area contributed by atoms with Crippen LogP contribution < -0.4 is 25.1 Å². The molecule has 0 heterocycles. The minimum atomic E-state index is -0.483. The fourth-order valence-electron chi connectivity index (χ4n) is 2.63. The Morgan fingerprint density at radius 3 is 1.94 bits per heavy atom. The van der Waals surface area contributed by atoms with Crippen molar-refractivity contribution in [2.45, 2.75) is 13.5 Å². The molecule has 0 aliphatic heterocycles. The van der Waals surface area contributed by atoms with E-state index in [1.165, 1.54) is 0 Å². The van der Waals surface area contributed by atoms with Crippen molar-refractivity contribution in [3.8, 4) is 17.2 Å². The van der Waals surface area contributed by atoms with Crippen LogP contribution in [-0.4, -0.2) is 25.0 Å². The molecule has 0 unspecified atom stereocenters. The van der Waals surface area contributed by atoms with E-state index in [-0.39, 0.29) is 6.61 Å². The first-order valence-corrected chi connectivity index (χ1v) is 9.85. The molecule has 7 heteroatoms. The first-order valence-electron chi connectivity index (χ1n) is 9.85. The highest BCUT2D eigenvalue weighted by Gasteiger charge is 2.08. The van der Waals surface area contributed by atoms with Gasteiger partial charge in [-0.3, -0.25) is 20.4 Å². The smallest absolute Gasteiger partial charge is 0.276 e. The lowest BCUT2D eigenvalue weighted by atomic mass is 10.2. The summed E-state index contributed by atoms with van der Waals surface area (Å²) < 4.78 is 16.5. The van der Waals surface area contributed by atoms with Crippen molar-refractivity contribution >= 4 is 11.8 Å². The van der Waals surface area contributed by atoms with E-state index in [0.29, 0.717) is 36.0 Å². The van der Waals surface area contributed by atoms with Crippen molar-refractivity contribution in [3.63, 3.8) is 0 Å². The van der Waals surface area contributed by atoms with Crippen molar-refractivity contribution in [1.29, 1.82) is 0 Å². The van der Waals surface area contributed by atoms with Gasteiger partial charge in [0.2, 0.25) is 0 Å². The third kappa shape index (κ3) is 7.08. The average Bonchev–Trinajstić information content (AvgIpc) is 2.82. The summed E-state index contributed by atoms with van der Waals surface area (Å²) in [5.41, 5.74) is 6.14. The van der Waals surface area contributed by atoms with Crippen molar-refractivity contribution < 1.29 is 23.8 Å². The van der Waals surface area contributed by atoms with Gasteiger partial charge >= 0.3 is 0 Å². The predicted octanol–water partition coefficient (Wildman–Crippen LogP) is 3.50. The molecule has 160 valence electrons. The van der Waals surface area contributed by atoms with E-state index in [2.05, 4.69) is 10.9 Å². The maximum Gasteiger partial charge on any atom is 0.276 e. The van der Waals surface area contributed by atoms with Gasteiger partial charge in [-0.1, -0.05) is 30.3 Å². The molecule has 0 atom stereocenters. The van der Waals surface area contributed by atoms with Crippen molar-refractivity contribution in [2.24, 2.45) is 0 Å². The fraction of sp³-hybridized carbons (Fsp3) is 0.167. The Bertz CT molecular complexity index is 973. The van der Waals surface area contributed by atoms with Crippen LogP contribution in [0.4, 0.5) is 0 Å². The molecule has 0 radical (unpaired) electrons. The molecule has 0 fully saturated rings.